The molecule has 5 heteroatoms. The van der Waals surface area contributed by atoms with Crippen molar-refractivity contribution in [1.29, 1.82) is 0 Å². The first-order chi connectivity index (χ1) is 11.6. The molecule has 4 N–H and O–H groups in total. The predicted molar refractivity (Wildman–Crippen MR) is 97.8 cm³/mol. The van der Waals surface area contributed by atoms with Crippen molar-refractivity contribution in [2.45, 2.75) is 19.8 Å². The van der Waals surface area contributed by atoms with Crippen molar-refractivity contribution in [2.24, 2.45) is 5.10 Å². The van der Waals surface area contributed by atoms with Crippen LogP contribution in [0.15, 0.2) is 59.8 Å². The van der Waals surface area contributed by atoms with Crippen molar-refractivity contribution in [2.75, 3.05) is 5.73 Å². The van der Waals surface area contributed by atoms with Crippen molar-refractivity contribution in [3.05, 3.63) is 65.9 Å². The summed E-state index contributed by atoms with van der Waals surface area (Å²) in [6.45, 7) is 1.85. The summed E-state index contributed by atoms with van der Waals surface area (Å²) in [6, 6.07) is 15.5. The summed E-state index contributed by atoms with van der Waals surface area (Å²) in [6.07, 6.45) is 3.02. The van der Waals surface area contributed by atoms with Crippen LogP contribution in [0.5, 0.6) is 0 Å². The van der Waals surface area contributed by atoms with Crippen LogP contribution in [-0.2, 0) is 11.2 Å². The number of amides is 1. The van der Waals surface area contributed by atoms with E-state index in [9.17, 15) is 4.79 Å². The molecule has 0 fully saturated rings. The molecule has 0 unspecified atom stereocenters. The second-order valence-corrected chi connectivity index (χ2v) is 5.71. The minimum Gasteiger partial charge on any atom is -0.399 e. The molecule has 0 aliphatic heterocycles. The van der Waals surface area contributed by atoms with Crippen LogP contribution in [0.25, 0.3) is 10.9 Å². The fraction of sp³-hybridized carbons (Fsp3) is 0.158. The lowest BCUT2D eigenvalue weighted by atomic mass is 10.1. The van der Waals surface area contributed by atoms with E-state index in [0.29, 0.717) is 18.5 Å². The van der Waals surface area contributed by atoms with E-state index in [1.807, 2.05) is 55.6 Å². The molecule has 0 radical (unpaired) electrons. The zero-order valence-electron chi connectivity index (χ0n) is 13.5. The second-order valence-electron chi connectivity index (χ2n) is 5.71. The highest BCUT2D eigenvalue weighted by Gasteiger charge is 2.06. The standard InChI is InChI=1S/C19H20N4O/c1-13(14-6-9-16(20)10-7-14)22-23-19(24)11-8-15-12-21-18-5-3-2-4-17(15)18/h2-7,9-10,12,21H,8,11,20H2,1H3,(H,23,24)/b22-13+. The van der Waals surface area contributed by atoms with Gasteiger partial charge < -0.3 is 10.7 Å². The number of carbonyl (C=O) groups excluding carboxylic acids is 1. The molecule has 122 valence electrons. The molecule has 1 aromatic heterocycles. The van der Waals surface area contributed by atoms with Crippen LogP contribution in [0, 0.1) is 0 Å². The van der Waals surface area contributed by atoms with Gasteiger partial charge >= 0.3 is 0 Å². The van der Waals surface area contributed by atoms with Gasteiger partial charge in [0.25, 0.3) is 0 Å². The number of benzene rings is 2. The highest BCUT2D eigenvalue weighted by molar-refractivity contribution is 5.99. The average molecular weight is 320 g/mol. The number of fused-ring (bicyclic) bond motifs is 1. The number of para-hydroxylation sites is 1. The minimum atomic E-state index is -0.102. The molecule has 0 aliphatic rings. The molecule has 5 nitrogen and oxygen atoms in total. The van der Waals surface area contributed by atoms with E-state index in [4.69, 9.17) is 5.73 Å². The van der Waals surface area contributed by atoms with Crippen molar-refractivity contribution in [3.8, 4) is 0 Å². The fourth-order valence-corrected chi connectivity index (χ4v) is 2.58. The summed E-state index contributed by atoms with van der Waals surface area (Å²) in [5.74, 6) is -0.102. The molecule has 0 saturated heterocycles. The molecule has 3 aromatic rings. The van der Waals surface area contributed by atoms with Gasteiger partial charge in [-0.05, 0) is 42.7 Å². The van der Waals surface area contributed by atoms with Crippen molar-refractivity contribution < 1.29 is 4.79 Å². The number of H-pyrrole nitrogens is 1. The number of aryl methyl sites for hydroxylation is 1. The Morgan fingerprint density at radius 3 is 2.71 bits per heavy atom. The predicted octanol–water partition coefficient (Wildman–Crippen LogP) is 3.22. The number of hydrogen-bond donors (Lipinski definition) is 3. The van der Waals surface area contributed by atoms with Gasteiger partial charge in [-0.15, -0.1) is 0 Å². The average Bonchev–Trinajstić information content (AvgIpc) is 3.01. The number of hydrogen-bond acceptors (Lipinski definition) is 3. The molecule has 0 atom stereocenters. The van der Waals surface area contributed by atoms with Gasteiger partial charge in [-0.1, -0.05) is 30.3 Å². The number of carbonyl (C=O) groups is 1. The van der Waals surface area contributed by atoms with Gasteiger partial charge in [0.05, 0.1) is 5.71 Å². The number of aromatic nitrogens is 1. The maximum absolute atomic E-state index is 12.0. The lowest BCUT2D eigenvalue weighted by molar-refractivity contribution is -0.121. The first-order valence-corrected chi connectivity index (χ1v) is 7.87. The van der Waals surface area contributed by atoms with Crippen molar-refractivity contribution in [3.63, 3.8) is 0 Å². The number of nitrogen functional groups attached to an aromatic ring is 1. The Kier molecular flexibility index (Phi) is 4.61. The van der Waals surface area contributed by atoms with E-state index in [-0.39, 0.29) is 5.91 Å². The molecule has 2 aromatic carbocycles. The van der Waals surface area contributed by atoms with Gasteiger partial charge in [0.1, 0.15) is 0 Å². The highest BCUT2D eigenvalue weighted by Crippen LogP contribution is 2.18. The number of rotatable bonds is 5. The van der Waals surface area contributed by atoms with Crippen LogP contribution < -0.4 is 11.2 Å². The van der Waals surface area contributed by atoms with Gasteiger partial charge in [-0.3, -0.25) is 4.79 Å². The summed E-state index contributed by atoms with van der Waals surface area (Å²) in [4.78, 5) is 15.2. The molecule has 1 amide bonds. The number of hydrazone groups is 1. The van der Waals surface area contributed by atoms with Crippen LogP contribution >= 0.6 is 0 Å². The normalized spacial score (nSPS) is 11.6. The number of anilines is 1. The first kappa shape index (κ1) is 15.8. The molecule has 0 bridgehead atoms. The summed E-state index contributed by atoms with van der Waals surface area (Å²) >= 11 is 0. The Hall–Kier alpha value is -3.08. The van der Waals surface area contributed by atoms with Gasteiger partial charge in [0.2, 0.25) is 5.91 Å². The monoisotopic (exact) mass is 320 g/mol. The summed E-state index contributed by atoms with van der Waals surface area (Å²) in [7, 11) is 0. The van der Waals surface area contributed by atoms with Crippen LogP contribution in [0.4, 0.5) is 5.69 Å². The number of nitrogens with one attached hydrogen (secondary N) is 2. The molecular weight excluding hydrogens is 300 g/mol. The first-order valence-electron chi connectivity index (χ1n) is 7.87. The Morgan fingerprint density at radius 2 is 1.92 bits per heavy atom. The number of nitrogens with zero attached hydrogens (tertiary/aromatic N) is 1. The molecule has 24 heavy (non-hydrogen) atoms. The third kappa shape index (κ3) is 3.63. The number of aromatic amines is 1. The molecule has 0 aliphatic carbocycles. The Bertz CT molecular complexity index is 878. The SMILES string of the molecule is C/C(=N\NC(=O)CCc1c[nH]c2ccccc12)c1ccc(N)cc1. The van der Waals surface area contributed by atoms with Crippen LogP contribution in [0.3, 0.4) is 0 Å². The highest BCUT2D eigenvalue weighted by atomic mass is 16.2. The van der Waals surface area contributed by atoms with Crippen LogP contribution in [0.2, 0.25) is 0 Å². The molecular formula is C19H20N4O. The van der Waals surface area contributed by atoms with Crippen LogP contribution in [-0.4, -0.2) is 16.6 Å². The summed E-state index contributed by atoms with van der Waals surface area (Å²) < 4.78 is 0. The van der Waals surface area contributed by atoms with E-state index in [0.717, 1.165) is 27.7 Å². The molecule has 3 rings (SSSR count). The molecule has 1 heterocycles. The summed E-state index contributed by atoms with van der Waals surface area (Å²) in [5, 5.41) is 5.31. The second kappa shape index (κ2) is 7.00. The minimum absolute atomic E-state index is 0.102. The Morgan fingerprint density at radius 1 is 1.17 bits per heavy atom. The zero-order chi connectivity index (χ0) is 16.9. The van der Waals surface area contributed by atoms with Gasteiger partial charge in [0.15, 0.2) is 0 Å². The van der Waals surface area contributed by atoms with E-state index >= 15 is 0 Å². The van der Waals surface area contributed by atoms with E-state index in [1.165, 1.54) is 0 Å². The fourth-order valence-electron chi connectivity index (χ4n) is 2.58. The molecule has 0 saturated carbocycles. The van der Waals surface area contributed by atoms with E-state index < -0.39 is 0 Å². The topological polar surface area (TPSA) is 83.3 Å². The smallest absolute Gasteiger partial charge is 0.240 e. The van der Waals surface area contributed by atoms with Crippen molar-refractivity contribution >= 4 is 28.2 Å². The quantitative estimate of drug-likeness (QED) is 0.383. The van der Waals surface area contributed by atoms with Gasteiger partial charge in [0, 0.05) is 29.2 Å². The maximum Gasteiger partial charge on any atom is 0.240 e. The van der Waals surface area contributed by atoms with Gasteiger partial charge in [-0.25, -0.2) is 5.43 Å². The van der Waals surface area contributed by atoms with E-state index in [1.54, 1.807) is 0 Å². The van der Waals surface area contributed by atoms with Crippen molar-refractivity contribution in [1.82, 2.24) is 10.4 Å². The Labute approximate surface area is 140 Å². The Balaban J connectivity index is 1.57. The summed E-state index contributed by atoms with van der Waals surface area (Å²) in [5.41, 5.74) is 12.9. The van der Waals surface area contributed by atoms with Crippen LogP contribution in [0.1, 0.15) is 24.5 Å². The molecule has 0 spiro atoms. The lowest BCUT2D eigenvalue weighted by Crippen LogP contribution is -2.19. The zero-order valence-corrected chi connectivity index (χ0v) is 13.5. The van der Waals surface area contributed by atoms with E-state index in [2.05, 4.69) is 21.6 Å². The number of nitrogens with two attached hydrogens (primary N) is 1. The maximum atomic E-state index is 12.0. The third-order valence-corrected chi connectivity index (χ3v) is 3.97. The third-order valence-electron chi connectivity index (χ3n) is 3.97. The lowest BCUT2D eigenvalue weighted by Gasteiger charge is -2.03. The largest absolute Gasteiger partial charge is 0.399 e. The van der Waals surface area contributed by atoms with Gasteiger partial charge in [-0.2, -0.15) is 5.10 Å².